The third-order valence-electron chi connectivity index (χ3n) is 4.93. The molecule has 0 bridgehead atoms. The summed E-state index contributed by atoms with van der Waals surface area (Å²) in [6.45, 7) is 6.64. The monoisotopic (exact) mass is 268 g/mol. The van der Waals surface area contributed by atoms with Crippen LogP contribution >= 0.6 is 0 Å². The van der Waals surface area contributed by atoms with E-state index in [0.717, 1.165) is 11.3 Å². The third-order valence-corrected chi connectivity index (χ3v) is 4.93. The number of rotatable bonds is 3. The number of fused-ring (bicyclic) bond motifs is 1. The maximum absolute atomic E-state index is 9.01. The lowest BCUT2D eigenvalue weighted by Gasteiger charge is -2.04. The number of aromatic amines is 1. The van der Waals surface area contributed by atoms with Gasteiger partial charge >= 0.3 is 0 Å². The molecule has 3 heteroatoms. The molecule has 1 heterocycles. The minimum atomic E-state index is 0.207. The lowest BCUT2D eigenvalue weighted by atomic mass is 10.00. The van der Waals surface area contributed by atoms with Gasteiger partial charge in [0.1, 0.15) is 5.75 Å². The Labute approximate surface area is 119 Å². The van der Waals surface area contributed by atoms with Gasteiger partial charge in [0.2, 0.25) is 0 Å². The van der Waals surface area contributed by atoms with Gasteiger partial charge in [-0.2, -0.15) is 5.26 Å². The van der Waals surface area contributed by atoms with E-state index in [1.807, 2.05) is 12.1 Å². The number of nitriles is 1. The smallest absolute Gasteiger partial charge is 0.142 e. The van der Waals surface area contributed by atoms with Crippen molar-refractivity contribution in [1.82, 2.24) is 4.98 Å². The van der Waals surface area contributed by atoms with Crippen molar-refractivity contribution in [3.05, 3.63) is 29.5 Å². The van der Waals surface area contributed by atoms with Gasteiger partial charge in [-0.05, 0) is 35.8 Å². The molecule has 1 aromatic heterocycles. The lowest BCUT2D eigenvalue weighted by molar-refractivity contribution is 0.419. The van der Waals surface area contributed by atoms with Gasteiger partial charge in [-0.25, -0.2) is 0 Å². The molecule has 0 saturated heterocycles. The molecule has 0 spiro atoms. The van der Waals surface area contributed by atoms with Crippen molar-refractivity contribution in [1.29, 1.82) is 5.26 Å². The second-order valence-electron chi connectivity index (χ2n) is 6.31. The largest absolute Gasteiger partial charge is 0.495 e. The van der Waals surface area contributed by atoms with E-state index in [0.29, 0.717) is 18.3 Å². The molecule has 0 radical (unpaired) electrons. The Hall–Kier alpha value is -1.95. The standard InChI is InChI=1S/C17H20N2O/c1-10-14(15-12(8-9-18)17(15,2)3)11-6-5-7-13(20-4)16(11)19-10/h5-7,12,15,19H,8H2,1-4H3. The fraction of sp³-hybridized carbons (Fsp3) is 0.471. The number of hydrogen-bond acceptors (Lipinski definition) is 2. The molecule has 3 nitrogen and oxygen atoms in total. The molecule has 3 rings (SSSR count). The van der Waals surface area contributed by atoms with Gasteiger partial charge in [0.15, 0.2) is 0 Å². The highest BCUT2D eigenvalue weighted by Crippen LogP contribution is 2.67. The molecule has 1 fully saturated rings. The Morgan fingerprint density at radius 1 is 1.40 bits per heavy atom. The van der Waals surface area contributed by atoms with Gasteiger partial charge in [0.05, 0.1) is 18.7 Å². The number of methoxy groups -OCH3 is 1. The minimum absolute atomic E-state index is 0.207. The molecule has 20 heavy (non-hydrogen) atoms. The van der Waals surface area contributed by atoms with E-state index in [1.54, 1.807) is 7.11 Å². The van der Waals surface area contributed by atoms with Crippen LogP contribution < -0.4 is 4.74 Å². The summed E-state index contributed by atoms with van der Waals surface area (Å²) < 4.78 is 5.44. The number of aryl methyl sites for hydroxylation is 1. The van der Waals surface area contributed by atoms with Crippen LogP contribution in [-0.4, -0.2) is 12.1 Å². The summed E-state index contributed by atoms with van der Waals surface area (Å²) in [5, 5.41) is 10.2. The summed E-state index contributed by atoms with van der Waals surface area (Å²) in [6.07, 6.45) is 0.633. The second-order valence-corrected chi connectivity index (χ2v) is 6.31. The van der Waals surface area contributed by atoms with Crippen molar-refractivity contribution in [2.75, 3.05) is 7.11 Å². The molecular formula is C17H20N2O. The summed E-state index contributed by atoms with van der Waals surface area (Å²) in [6, 6.07) is 8.49. The Bertz CT molecular complexity index is 706. The van der Waals surface area contributed by atoms with Crippen LogP contribution in [-0.2, 0) is 0 Å². The van der Waals surface area contributed by atoms with Gasteiger partial charge in [0, 0.05) is 17.5 Å². The maximum Gasteiger partial charge on any atom is 0.142 e. The average Bonchev–Trinajstić information content (AvgIpc) is 2.78. The Morgan fingerprint density at radius 3 is 2.80 bits per heavy atom. The molecule has 1 aliphatic rings. The number of aromatic nitrogens is 1. The summed E-state index contributed by atoms with van der Waals surface area (Å²) in [5.41, 5.74) is 3.84. The topological polar surface area (TPSA) is 48.8 Å². The Kier molecular flexibility index (Phi) is 2.79. The van der Waals surface area contributed by atoms with E-state index in [-0.39, 0.29) is 5.41 Å². The number of nitrogens with zero attached hydrogens (tertiary/aromatic N) is 1. The first-order chi connectivity index (χ1) is 9.52. The maximum atomic E-state index is 9.01. The Balaban J connectivity index is 2.14. The van der Waals surface area contributed by atoms with E-state index in [2.05, 4.69) is 37.9 Å². The molecule has 104 valence electrons. The number of H-pyrrole nitrogens is 1. The van der Waals surface area contributed by atoms with Crippen LogP contribution in [0, 0.1) is 29.6 Å². The van der Waals surface area contributed by atoms with Gasteiger partial charge in [-0.3, -0.25) is 0 Å². The normalized spacial score (nSPS) is 23.6. The zero-order valence-electron chi connectivity index (χ0n) is 12.4. The first-order valence-corrected chi connectivity index (χ1v) is 7.04. The molecule has 1 aromatic carbocycles. The number of para-hydroxylation sites is 1. The Morgan fingerprint density at radius 2 is 2.15 bits per heavy atom. The number of ether oxygens (including phenoxy) is 1. The second kappa shape index (κ2) is 4.28. The van der Waals surface area contributed by atoms with Crippen molar-refractivity contribution in [2.24, 2.45) is 11.3 Å². The van der Waals surface area contributed by atoms with E-state index < -0.39 is 0 Å². The molecule has 1 saturated carbocycles. The highest BCUT2D eigenvalue weighted by Gasteiger charge is 2.58. The van der Waals surface area contributed by atoms with Crippen molar-refractivity contribution in [3.8, 4) is 11.8 Å². The van der Waals surface area contributed by atoms with Crippen LogP contribution in [0.2, 0.25) is 0 Å². The van der Waals surface area contributed by atoms with E-state index in [9.17, 15) is 0 Å². The molecule has 2 atom stereocenters. The van der Waals surface area contributed by atoms with Crippen molar-refractivity contribution in [2.45, 2.75) is 33.1 Å². The third kappa shape index (κ3) is 1.64. The minimum Gasteiger partial charge on any atom is -0.495 e. The molecular weight excluding hydrogens is 248 g/mol. The summed E-state index contributed by atoms with van der Waals surface area (Å²) in [7, 11) is 1.70. The summed E-state index contributed by atoms with van der Waals surface area (Å²) in [4.78, 5) is 3.46. The SMILES string of the molecule is COc1cccc2c(C3C(CC#N)C3(C)C)c(C)[nH]c12. The van der Waals surface area contributed by atoms with Gasteiger partial charge in [-0.15, -0.1) is 0 Å². The molecule has 0 amide bonds. The fourth-order valence-corrected chi connectivity index (χ4v) is 3.71. The number of benzene rings is 1. The molecule has 2 aromatic rings. The molecule has 1 aliphatic carbocycles. The van der Waals surface area contributed by atoms with Crippen LogP contribution in [0.1, 0.15) is 37.4 Å². The molecule has 0 aliphatic heterocycles. The van der Waals surface area contributed by atoms with E-state index in [4.69, 9.17) is 10.00 Å². The van der Waals surface area contributed by atoms with Crippen LogP contribution in [0.3, 0.4) is 0 Å². The van der Waals surface area contributed by atoms with Gasteiger partial charge in [0.25, 0.3) is 0 Å². The van der Waals surface area contributed by atoms with Crippen molar-refractivity contribution < 1.29 is 4.74 Å². The van der Waals surface area contributed by atoms with Crippen LogP contribution in [0.25, 0.3) is 10.9 Å². The lowest BCUT2D eigenvalue weighted by Crippen LogP contribution is -1.91. The van der Waals surface area contributed by atoms with Crippen molar-refractivity contribution in [3.63, 3.8) is 0 Å². The highest BCUT2D eigenvalue weighted by atomic mass is 16.5. The van der Waals surface area contributed by atoms with E-state index >= 15 is 0 Å². The average molecular weight is 268 g/mol. The van der Waals surface area contributed by atoms with Crippen LogP contribution in [0.4, 0.5) is 0 Å². The first kappa shape index (κ1) is 13.1. The highest BCUT2D eigenvalue weighted by molar-refractivity contribution is 5.90. The van der Waals surface area contributed by atoms with Crippen LogP contribution in [0.15, 0.2) is 18.2 Å². The molecule has 2 unspecified atom stereocenters. The summed E-state index contributed by atoms with van der Waals surface area (Å²) >= 11 is 0. The van der Waals surface area contributed by atoms with E-state index in [1.165, 1.54) is 16.6 Å². The zero-order valence-corrected chi connectivity index (χ0v) is 12.4. The predicted molar refractivity (Wildman–Crippen MR) is 79.8 cm³/mol. The fourth-order valence-electron chi connectivity index (χ4n) is 3.71. The van der Waals surface area contributed by atoms with Crippen LogP contribution in [0.5, 0.6) is 5.75 Å². The first-order valence-electron chi connectivity index (χ1n) is 7.04. The van der Waals surface area contributed by atoms with Gasteiger partial charge in [-0.1, -0.05) is 26.0 Å². The zero-order chi connectivity index (χ0) is 14.5. The number of hydrogen-bond donors (Lipinski definition) is 1. The number of nitrogens with one attached hydrogen (secondary N) is 1. The van der Waals surface area contributed by atoms with Crippen molar-refractivity contribution >= 4 is 10.9 Å². The predicted octanol–water partition coefficient (Wildman–Crippen LogP) is 4.14. The quantitative estimate of drug-likeness (QED) is 0.909. The van der Waals surface area contributed by atoms with Gasteiger partial charge < -0.3 is 9.72 Å². The summed E-state index contributed by atoms with van der Waals surface area (Å²) in [5.74, 6) is 1.80. The molecule has 1 N–H and O–H groups in total.